The van der Waals surface area contributed by atoms with Gasteiger partial charge in [0, 0.05) is 37.7 Å². The molecule has 4 amide bonds. The molecule has 12 heteroatoms. The number of nitrogens with zero attached hydrogens (tertiary/aromatic N) is 3. The number of carbonyl (C=O) groups excluding carboxylic acids is 5. The molecule has 48 heavy (non-hydrogen) atoms. The van der Waals surface area contributed by atoms with Crippen molar-refractivity contribution in [3.8, 4) is 0 Å². The Bertz CT molecular complexity index is 1310. The average molecular weight is 666 g/mol. The van der Waals surface area contributed by atoms with E-state index >= 15 is 0 Å². The van der Waals surface area contributed by atoms with Crippen molar-refractivity contribution in [1.29, 1.82) is 0 Å². The minimum absolute atomic E-state index is 0.0334. The van der Waals surface area contributed by atoms with Gasteiger partial charge in [0.25, 0.3) is 5.91 Å². The number of hydrogen-bond donors (Lipinski definition) is 4. The van der Waals surface area contributed by atoms with Gasteiger partial charge in [0.05, 0.1) is 17.8 Å². The molecule has 0 aromatic carbocycles. The molecule has 1 aliphatic heterocycles. The normalized spacial score (nSPS) is 24.7. The van der Waals surface area contributed by atoms with Crippen molar-refractivity contribution in [2.45, 2.75) is 141 Å². The van der Waals surface area contributed by atoms with Gasteiger partial charge in [-0.05, 0) is 68.1 Å². The Morgan fingerprint density at radius 1 is 0.938 bits per heavy atom. The number of ketones is 1. The maximum absolute atomic E-state index is 14.6. The second kappa shape index (κ2) is 15.9. The highest BCUT2D eigenvalue weighted by atomic mass is 16.2. The molecular formula is C36H55N7O5. The summed E-state index contributed by atoms with van der Waals surface area (Å²) in [5, 5.41) is 12.2. The van der Waals surface area contributed by atoms with Crippen LogP contribution in [0.2, 0.25) is 0 Å². The van der Waals surface area contributed by atoms with Crippen LogP contribution in [0, 0.1) is 23.2 Å². The molecule has 6 unspecified atom stereocenters. The van der Waals surface area contributed by atoms with Crippen LogP contribution in [0.15, 0.2) is 18.6 Å². The van der Waals surface area contributed by atoms with Gasteiger partial charge in [0.2, 0.25) is 23.5 Å². The number of amides is 4. The number of carbonyl (C=O) groups is 5. The summed E-state index contributed by atoms with van der Waals surface area (Å²) < 4.78 is 0. The monoisotopic (exact) mass is 665 g/mol. The molecule has 2 heterocycles. The molecule has 0 spiro atoms. The molecule has 3 aliphatic carbocycles. The standard InChI is InChI=1S/C36H55N7O5/c1-5-10-27(30(44)34(47)40-24-15-16-24)41-33(46)29-26-14-9-13-23(26)21-43(29)35(48)31(36(2,3)4)42-32(45)28(22-11-7-6-8-12-22)39-20-25-19-37-17-18-38-25/h17-19,22-24,26-29,31,39H,5-16,20-21H2,1-4H3,(H,40,47)(H,41,46)(H,42,45). The van der Waals surface area contributed by atoms with E-state index in [0.717, 1.165) is 69.9 Å². The van der Waals surface area contributed by atoms with Gasteiger partial charge in [-0.25, -0.2) is 0 Å². The molecule has 264 valence electrons. The van der Waals surface area contributed by atoms with Gasteiger partial charge in [0.1, 0.15) is 12.1 Å². The van der Waals surface area contributed by atoms with Crippen LogP contribution in [-0.4, -0.2) is 81.0 Å². The highest BCUT2D eigenvalue weighted by molar-refractivity contribution is 6.38. The highest BCUT2D eigenvalue weighted by Gasteiger charge is 2.52. The second-order valence-corrected chi connectivity index (χ2v) is 15.5. The minimum Gasteiger partial charge on any atom is -0.347 e. The fourth-order valence-corrected chi connectivity index (χ4v) is 7.95. The fraction of sp³-hybridized carbons (Fsp3) is 0.750. The van der Waals surface area contributed by atoms with Crippen molar-refractivity contribution < 1.29 is 24.0 Å². The van der Waals surface area contributed by atoms with Gasteiger partial charge in [-0.15, -0.1) is 0 Å². The Morgan fingerprint density at radius 2 is 1.69 bits per heavy atom. The van der Waals surface area contributed by atoms with Gasteiger partial charge in [0.15, 0.2) is 0 Å². The first-order valence-corrected chi connectivity index (χ1v) is 18.2. The minimum atomic E-state index is -0.951. The van der Waals surface area contributed by atoms with E-state index in [-0.39, 0.29) is 35.6 Å². The summed E-state index contributed by atoms with van der Waals surface area (Å²) in [6.45, 7) is 8.50. The molecule has 1 aromatic heterocycles. The molecule has 0 radical (unpaired) electrons. The van der Waals surface area contributed by atoms with Crippen LogP contribution < -0.4 is 21.3 Å². The maximum Gasteiger partial charge on any atom is 0.289 e. The van der Waals surface area contributed by atoms with E-state index in [4.69, 9.17) is 0 Å². The van der Waals surface area contributed by atoms with Crippen molar-refractivity contribution in [2.75, 3.05) is 6.54 Å². The third kappa shape index (κ3) is 8.78. The van der Waals surface area contributed by atoms with E-state index in [1.807, 2.05) is 27.7 Å². The number of hydrogen-bond acceptors (Lipinski definition) is 8. The molecule has 4 aliphatic rings. The van der Waals surface area contributed by atoms with Gasteiger partial charge in [-0.2, -0.15) is 0 Å². The first kappa shape index (κ1) is 35.9. The van der Waals surface area contributed by atoms with Crippen LogP contribution in [-0.2, 0) is 30.5 Å². The molecule has 6 atom stereocenters. The van der Waals surface area contributed by atoms with E-state index in [0.29, 0.717) is 25.9 Å². The van der Waals surface area contributed by atoms with Crippen LogP contribution in [0.3, 0.4) is 0 Å². The van der Waals surface area contributed by atoms with Gasteiger partial charge < -0.3 is 20.9 Å². The fourth-order valence-electron chi connectivity index (χ4n) is 7.95. The van der Waals surface area contributed by atoms with Gasteiger partial charge >= 0.3 is 0 Å². The van der Waals surface area contributed by atoms with Crippen LogP contribution in [0.1, 0.15) is 110 Å². The lowest BCUT2D eigenvalue weighted by Crippen LogP contribution is -2.62. The quantitative estimate of drug-likeness (QED) is 0.221. The Balaban J connectivity index is 1.34. The van der Waals surface area contributed by atoms with Crippen molar-refractivity contribution >= 4 is 29.4 Å². The molecule has 3 saturated carbocycles. The van der Waals surface area contributed by atoms with E-state index in [1.54, 1.807) is 23.5 Å². The third-order valence-electron chi connectivity index (χ3n) is 10.7. The summed E-state index contributed by atoms with van der Waals surface area (Å²) in [5.74, 6) is -1.95. The Hall–Kier alpha value is -3.41. The molecule has 5 rings (SSSR count). The molecule has 0 bridgehead atoms. The lowest BCUT2D eigenvalue weighted by Gasteiger charge is -2.38. The Labute approximate surface area is 284 Å². The summed E-state index contributed by atoms with van der Waals surface area (Å²) in [5.41, 5.74) is 0.0895. The van der Waals surface area contributed by atoms with E-state index in [2.05, 4.69) is 31.2 Å². The third-order valence-corrected chi connectivity index (χ3v) is 10.7. The Morgan fingerprint density at radius 3 is 2.33 bits per heavy atom. The van der Waals surface area contributed by atoms with Crippen LogP contribution >= 0.6 is 0 Å². The maximum atomic E-state index is 14.6. The number of fused-ring (bicyclic) bond motifs is 1. The lowest BCUT2D eigenvalue weighted by molar-refractivity contribution is -0.146. The predicted molar refractivity (Wildman–Crippen MR) is 180 cm³/mol. The predicted octanol–water partition coefficient (Wildman–Crippen LogP) is 2.81. The second-order valence-electron chi connectivity index (χ2n) is 15.5. The number of nitrogens with one attached hydrogen (secondary N) is 4. The molecular weight excluding hydrogens is 610 g/mol. The summed E-state index contributed by atoms with van der Waals surface area (Å²) >= 11 is 0. The van der Waals surface area contributed by atoms with Gasteiger partial charge in [-0.3, -0.25) is 39.3 Å². The number of likely N-dealkylation sites (tertiary alicyclic amines) is 1. The molecule has 1 aromatic rings. The SMILES string of the molecule is CCCC(NC(=O)C1C2CCCC2CN1C(=O)C(NC(=O)C(NCc1cnccn1)C1CCCCC1)C(C)(C)C)C(=O)C(=O)NC1CC1. The Kier molecular flexibility index (Phi) is 11.9. The van der Waals surface area contributed by atoms with E-state index < -0.39 is 47.2 Å². The summed E-state index contributed by atoms with van der Waals surface area (Å²) in [4.78, 5) is 78.7. The zero-order valence-electron chi connectivity index (χ0n) is 29.1. The van der Waals surface area contributed by atoms with Crippen molar-refractivity contribution in [3.05, 3.63) is 24.3 Å². The molecule has 4 fully saturated rings. The van der Waals surface area contributed by atoms with Crippen molar-refractivity contribution in [3.63, 3.8) is 0 Å². The largest absolute Gasteiger partial charge is 0.347 e. The van der Waals surface area contributed by atoms with Gasteiger partial charge in [-0.1, -0.05) is 59.8 Å². The topological polar surface area (TPSA) is 162 Å². The van der Waals surface area contributed by atoms with E-state index in [1.165, 1.54) is 0 Å². The van der Waals surface area contributed by atoms with Crippen molar-refractivity contribution in [2.24, 2.45) is 23.2 Å². The van der Waals surface area contributed by atoms with Crippen LogP contribution in [0.4, 0.5) is 0 Å². The number of rotatable bonds is 14. The lowest BCUT2D eigenvalue weighted by atomic mass is 9.82. The zero-order valence-corrected chi connectivity index (χ0v) is 29.1. The highest BCUT2D eigenvalue weighted by Crippen LogP contribution is 2.43. The molecule has 12 nitrogen and oxygen atoms in total. The van der Waals surface area contributed by atoms with Crippen molar-refractivity contribution in [1.82, 2.24) is 36.1 Å². The van der Waals surface area contributed by atoms with Crippen LogP contribution in [0.5, 0.6) is 0 Å². The van der Waals surface area contributed by atoms with Crippen LogP contribution in [0.25, 0.3) is 0 Å². The summed E-state index contributed by atoms with van der Waals surface area (Å²) in [6.07, 6.45) is 15.4. The average Bonchev–Trinajstić information content (AvgIpc) is 3.63. The summed E-state index contributed by atoms with van der Waals surface area (Å²) in [6, 6.07) is -3.07. The van der Waals surface area contributed by atoms with E-state index in [9.17, 15) is 24.0 Å². The molecule has 4 N–H and O–H groups in total. The smallest absolute Gasteiger partial charge is 0.289 e. The first-order valence-electron chi connectivity index (χ1n) is 18.2. The molecule has 1 saturated heterocycles. The summed E-state index contributed by atoms with van der Waals surface area (Å²) in [7, 11) is 0. The number of aromatic nitrogens is 2. The first-order chi connectivity index (χ1) is 23.0. The number of Topliss-reactive ketones (excluding diaryl/α,β-unsaturated/α-hetero) is 1. The zero-order chi connectivity index (χ0) is 34.4.